The molecule has 0 aromatic heterocycles. The molecule has 0 heterocycles. The summed E-state index contributed by atoms with van der Waals surface area (Å²) >= 11 is 0. The molecule has 0 saturated heterocycles. The molecule has 0 saturated carbocycles. The van der Waals surface area contributed by atoms with E-state index in [2.05, 4.69) is 290 Å². The molecule has 1 nitrogen and oxygen atoms in total. The van der Waals surface area contributed by atoms with Crippen molar-refractivity contribution < 1.29 is 0 Å². The van der Waals surface area contributed by atoms with Gasteiger partial charge >= 0.3 is 0 Å². The maximum absolute atomic E-state index is 2.48. The summed E-state index contributed by atoms with van der Waals surface area (Å²) in [6.07, 6.45) is 0. The van der Waals surface area contributed by atoms with Crippen LogP contribution in [0.25, 0.3) is 99.4 Å². The van der Waals surface area contributed by atoms with Crippen molar-refractivity contribution in [2.24, 2.45) is 0 Å². The van der Waals surface area contributed by atoms with Crippen LogP contribution in [0.3, 0.4) is 0 Å². The van der Waals surface area contributed by atoms with Crippen molar-refractivity contribution in [1.29, 1.82) is 0 Å². The molecule has 12 rings (SSSR count). The minimum Gasteiger partial charge on any atom is -0.309 e. The molecule has 0 unspecified atom stereocenters. The van der Waals surface area contributed by atoms with Crippen molar-refractivity contribution in [1.82, 2.24) is 0 Å². The summed E-state index contributed by atoms with van der Waals surface area (Å²) in [4.78, 5) is 2.48. The molecule has 0 atom stereocenters. The number of hydrogen-bond donors (Lipinski definition) is 0. The Balaban J connectivity index is 1.08. The van der Waals surface area contributed by atoms with E-state index in [4.69, 9.17) is 0 Å². The van der Waals surface area contributed by atoms with Crippen LogP contribution in [-0.2, 0) is 0 Å². The van der Waals surface area contributed by atoms with E-state index in [0.717, 1.165) is 56.0 Å². The summed E-state index contributed by atoms with van der Waals surface area (Å²) in [7, 11) is 0. The van der Waals surface area contributed by atoms with Crippen LogP contribution in [-0.4, -0.2) is 0 Å². The van der Waals surface area contributed by atoms with E-state index in [1.807, 2.05) is 0 Å². The smallest absolute Gasteiger partial charge is 0.0618 e. The summed E-state index contributed by atoms with van der Waals surface area (Å²) in [6, 6.07) is 104. The molecular weight excluding hydrogens is 831 g/mol. The van der Waals surface area contributed by atoms with Crippen molar-refractivity contribution in [2.45, 2.75) is 0 Å². The van der Waals surface area contributed by atoms with E-state index in [1.165, 1.54) is 60.5 Å². The maximum Gasteiger partial charge on any atom is 0.0618 e. The fraction of sp³-hybridized carbons (Fsp3) is 0. The van der Waals surface area contributed by atoms with Gasteiger partial charge in [0.05, 0.1) is 5.69 Å². The summed E-state index contributed by atoms with van der Waals surface area (Å²) < 4.78 is 0. The third-order valence-corrected chi connectivity index (χ3v) is 13.4. The van der Waals surface area contributed by atoms with Crippen molar-refractivity contribution in [3.8, 4) is 77.9 Å². The SMILES string of the molecule is c1ccc(-c2cc(-c3ccccc3)cc(N(c3ccc(-c4ccc5c(-c6ccccc6)c(-c6ccccc6)c6ccccc6c5c4)cc3)c3c(-c4ccccc4)cccc3-c3ccccc3)c2)cc1. The van der Waals surface area contributed by atoms with Gasteiger partial charge in [0.15, 0.2) is 0 Å². The summed E-state index contributed by atoms with van der Waals surface area (Å²) in [5.41, 5.74) is 19.8. The lowest BCUT2D eigenvalue weighted by atomic mass is 9.84. The molecule has 12 aromatic carbocycles. The van der Waals surface area contributed by atoms with E-state index < -0.39 is 0 Å². The molecular formula is C68H47N. The van der Waals surface area contributed by atoms with Gasteiger partial charge in [0.25, 0.3) is 0 Å². The molecule has 0 amide bonds. The number of anilines is 3. The zero-order valence-corrected chi connectivity index (χ0v) is 38.1. The Hall–Kier alpha value is -9.04. The summed E-state index contributed by atoms with van der Waals surface area (Å²) in [5.74, 6) is 0. The molecule has 0 fully saturated rings. The van der Waals surface area contributed by atoms with E-state index in [0.29, 0.717) is 0 Å². The first kappa shape index (κ1) is 41.4. The highest BCUT2D eigenvalue weighted by Gasteiger charge is 2.24. The van der Waals surface area contributed by atoms with Gasteiger partial charge in [-0.15, -0.1) is 0 Å². The molecule has 0 spiro atoms. The lowest BCUT2D eigenvalue weighted by Gasteiger charge is -2.31. The van der Waals surface area contributed by atoms with Crippen LogP contribution in [0.5, 0.6) is 0 Å². The number of nitrogens with zero attached hydrogens (tertiary/aromatic N) is 1. The fourth-order valence-electron chi connectivity index (χ4n) is 10.2. The van der Waals surface area contributed by atoms with Crippen molar-refractivity contribution in [3.05, 3.63) is 285 Å². The molecule has 0 bridgehead atoms. The van der Waals surface area contributed by atoms with E-state index >= 15 is 0 Å². The van der Waals surface area contributed by atoms with Gasteiger partial charge in [-0.2, -0.15) is 0 Å². The highest BCUT2D eigenvalue weighted by atomic mass is 15.1. The van der Waals surface area contributed by atoms with Crippen LogP contribution in [0.15, 0.2) is 285 Å². The van der Waals surface area contributed by atoms with Crippen LogP contribution in [0.2, 0.25) is 0 Å². The second kappa shape index (κ2) is 18.3. The number of rotatable bonds is 10. The minimum atomic E-state index is 1.06. The van der Waals surface area contributed by atoms with Crippen LogP contribution >= 0.6 is 0 Å². The highest BCUT2D eigenvalue weighted by Crippen LogP contribution is 2.49. The molecule has 69 heavy (non-hydrogen) atoms. The van der Waals surface area contributed by atoms with Crippen molar-refractivity contribution >= 4 is 38.6 Å². The maximum atomic E-state index is 2.48. The molecule has 1 heteroatoms. The normalized spacial score (nSPS) is 11.2. The molecule has 0 aliphatic rings. The monoisotopic (exact) mass is 877 g/mol. The average molecular weight is 878 g/mol. The Morgan fingerprint density at radius 1 is 0.188 bits per heavy atom. The first-order valence-electron chi connectivity index (χ1n) is 23.7. The molecule has 0 radical (unpaired) electrons. The van der Waals surface area contributed by atoms with Gasteiger partial charge in [0, 0.05) is 22.5 Å². The Morgan fingerprint density at radius 2 is 0.565 bits per heavy atom. The predicted octanol–water partition coefficient (Wildman–Crippen LogP) is 19.1. The Morgan fingerprint density at radius 3 is 1.04 bits per heavy atom. The second-order valence-corrected chi connectivity index (χ2v) is 17.6. The highest BCUT2D eigenvalue weighted by molar-refractivity contribution is 6.22. The largest absolute Gasteiger partial charge is 0.309 e. The van der Waals surface area contributed by atoms with E-state index in [1.54, 1.807) is 0 Å². The Bertz CT molecular complexity index is 3600. The van der Waals surface area contributed by atoms with Gasteiger partial charge in [0.2, 0.25) is 0 Å². The first-order chi connectivity index (χ1) is 34.2. The third kappa shape index (κ3) is 7.97. The standard InChI is InChI=1S/C68H47N/c1-7-22-48(23-8-1)56-44-57(49-24-9-2-10-25-49)46-59(45-56)69(68-60(51-26-11-3-12-27-51)36-21-37-61(68)52-28-13-4-14-29-52)58-41-38-50(39-42-58)55-40-43-64-65(47-55)62-34-19-20-35-63(62)66(53-30-15-5-16-31-53)67(64)54-32-17-6-18-33-54/h1-47H. The molecule has 0 aliphatic carbocycles. The second-order valence-electron chi connectivity index (χ2n) is 17.6. The Labute approximate surface area is 404 Å². The molecule has 0 N–H and O–H groups in total. The van der Waals surface area contributed by atoms with Gasteiger partial charge in [-0.25, -0.2) is 0 Å². The van der Waals surface area contributed by atoms with Gasteiger partial charge in [-0.3, -0.25) is 0 Å². The number of para-hydroxylation sites is 1. The van der Waals surface area contributed by atoms with Crippen LogP contribution in [0.1, 0.15) is 0 Å². The van der Waals surface area contributed by atoms with Crippen molar-refractivity contribution in [2.75, 3.05) is 4.90 Å². The van der Waals surface area contributed by atoms with Gasteiger partial charge in [-0.05, 0) is 125 Å². The quantitative estimate of drug-likeness (QED) is 0.124. The van der Waals surface area contributed by atoms with Crippen LogP contribution in [0, 0.1) is 0 Å². The summed E-state index contributed by atoms with van der Waals surface area (Å²) in [6.45, 7) is 0. The third-order valence-electron chi connectivity index (χ3n) is 13.4. The Kier molecular flexibility index (Phi) is 11.0. The van der Waals surface area contributed by atoms with E-state index in [-0.39, 0.29) is 0 Å². The number of fused-ring (bicyclic) bond motifs is 3. The van der Waals surface area contributed by atoms with Gasteiger partial charge < -0.3 is 4.90 Å². The fourth-order valence-corrected chi connectivity index (χ4v) is 10.2. The zero-order valence-electron chi connectivity index (χ0n) is 38.1. The number of hydrogen-bond acceptors (Lipinski definition) is 1. The van der Waals surface area contributed by atoms with Gasteiger partial charge in [0.1, 0.15) is 0 Å². The van der Waals surface area contributed by atoms with Crippen LogP contribution < -0.4 is 4.90 Å². The minimum absolute atomic E-state index is 1.06. The summed E-state index contributed by atoms with van der Waals surface area (Å²) in [5, 5.41) is 4.97. The lowest BCUT2D eigenvalue weighted by Crippen LogP contribution is -2.13. The molecule has 0 aliphatic heterocycles. The molecule has 12 aromatic rings. The average Bonchev–Trinajstić information content (AvgIpc) is 3.44. The van der Waals surface area contributed by atoms with Crippen LogP contribution in [0.4, 0.5) is 17.1 Å². The van der Waals surface area contributed by atoms with Crippen molar-refractivity contribution in [3.63, 3.8) is 0 Å². The van der Waals surface area contributed by atoms with E-state index in [9.17, 15) is 0 Å². The first-order valence-corrected chi connectivity index (χ1v) is 23.7. The zero-order chi connectivity index (χ0) is 45.9. The topological polar surface area (TPSA) is 3.24 Å². The predicted molar refractivity (Wildman–Crippen MR) is 294 cm³/mol. The molecule has 324 valence electrons. The number of benzene rings is 12. The van der Waals surface area contributed by atoms with Gasteiger partial charge in [-0.1, -0.05) is 249 Å². The lowest BCUT2D eigenvalue weighted by molar-refractivity contribution is 1.28.